The molecule has 0 aliphatic heterocycles. The van der Waals surface area contributed by atoms with Crippen LogP contribution in [0.3, 0.4) is 0 Å². The molecule has 2 aromatic carbocycles. The van der Waals surface area contributed by atoms with E-state index in [-0.39, 0.29) is 5.54 Å². The van der Waals surface area contributed by atoms with Gasteiger partial charge in [-0.1, -0.05) is 48.5 Å². The Hall–Kier alpha value is -2.10. The summed E-state index contributed by atoms with van der Waals surface area (Å²) in [7, 11) is 0. The molecule has 0 amide bonds. The number of hydrogen-bond donors (Lipinski definition) is 2. The van der Waals surface area contributed by atoms with E-state index in [9.17, 15) is 5.11 Å². The van der Waals surface area contributed by atoms with E-state index in [0.717, 1.165) is 16.5 Å². The lowest BCUT2D eigenvalue weighted by atomic mass is 9.90. The molecule has 1 aromatic heterocycles. The summed E-state index contributed by atoms with van der Waals surface area (Å²) in [5, 5.41) is 15.8. The quantitative estimate of drug-likeness (QED) is 0.764. The minimum absolute atomic E-state index is 0.102. The predicted octanol–water partition coefficient (Wildman–Crippen LogP) is 4.06. The second-order valence-corrected chi connectivity index (χ2v) is 6.98. The molecule has 0 saturated carbocycles. The highest BCUT2D eigenvalue weighted by Crippen LogP contribution is 2.33. The molecule has 2 N–H and O–H groups in total. The molecule has 3 heteroatoms. The van der Waals surface area contributed by atoms with Crippen molar-refractivity contribution in [1.82, 2.24) is 5.32 Å². The monoisotopic (exact) mass is 309 g/mol. The Labute approximate surface area is 136 Å². The minimum Gasteiger partial charge on any atom is -0.458 e. The average Bonchev–Trinajstić information content (AvgIpc) is 2.97. The number of fused-ring (bicyclic) bond motifs is 1. The van der Waals surface area contributed by atoms with Gasteiger partial charge in [0.15, 0.2) is 5.60 Å². The minimum atomic E-state index is -1.21. The molecule has 1 atom stereocenters. The fourth-order valence-corrected chi connectivity index (χ4v) is 2.62. The standard InChI is InChI=1S/C20H23NO2/c1-19(2,3)21-14-20(22,16-10-5-4-6-11-16)18-13-15-9-7-8-12-17(15)23-18/h4-13,21-22H,14H2,1-3H3/t20-/m0/s1. The van der Waals surface area contributed by atoms with Crippen LogP contribution in [0.25, 0.3) is 11.0 Å². The molecule has 0 aliphatic rings. The summed E-state index contributed by atoms with van der Waals surface area (Å²) in [6.07, 6.45) is 0. The van der Waals surface area contributed by atoms with Crippen LogP contribution in [-0.4, -0.2) is 17.2 Å². The molecule has 0 fully saturated rings. The molecule has 0 unspecified atom stereocenters. The third kappa shape index (κ3) is 3.31. The highest BCUT2D eigenvalue weighted by atomic mass is 16.4. The van der Waals surface area contributed by atoms with Crippen LogP contribution in [0.4, 0.5) is 0 Å². The van der Waals surface area contributed by atoms with E-state index in [2.05, 4.69) is 26.1 Å². The van der Waals surface area contributed by atoms with Gasteiger partial charge in [0.25, 0.3) is 0 Å². The summed E-state index contributed by atoms with van der Waals surface area (Å²) in [4.78, 5) is 0. The molecule has 0 aliphatic carbocycles. The summed E-state index contributed by atoms with van der Waals surface area (Å²) in [6, 6.07) is 19.4. The van der Waals surface area contributed by atoms with Gasteiger partial charge in [-0.05, 0) is 38.5 Å². The second kappa shape index (κ2) is 5.84. The average molecular weight is 309 g/mol. The third-order valence-corrected chi connectivity index (χ3v) is 3.96. The molecule has 23 heavy (non-hydrogen) atoms. The number of nitrogens with one attached hydrogen (secondary N) is 1. The first-order valence-electron chi connectivity index (χ1n) is 7.90. The normalized spacial score (nSPS) is 14.8. The van der Waals surface area contributed by atoms with Crippen molar-refractivity contribution >= 4 is 11.0 Å². The number of aliphatic hydroxyl groups is 1. The number of β-amino-alcohol motifs (C(OH)–C–C–N with tert-alkyl or cyclic N) is 1. The number of para-hydroxylation sites is 1. The SMILES string of the molecule is CC(C)(C)NC[C@](O)(c1ccccc1)c1cc2ccccc2o1. The molecular weight excluding hydrogens is 286 g/mol. The van der Waals surface area contributed by atoms with Gasteiger partial charge in [-0.2, -0.15) is 0 Å². The van der Waals surface area contributed by atoms with Crippen molar-refractivity contribution in [3.63, 3.8) is 0 Å². The lowest BCUT2D eigenvalue weighted by Gasteiger charge is -2.31. The third-order valence-electron chi connectivity index (χ3n) is 3.96. The van der Waals surface area contributed by atoms with Crippen LogP contribution in [-0.2, 0) is 5.60 Å². The zero-order valence-corrected chi connectivity index (χ0v) is 13.8. The number of rotatable bonds is 4. The smallest absolute Gasteiger partial charge is 0.159 e. The van der Waals surface area contributed by atoms with Crippen molar-refractivity contribution in [2.75, 3.05) is 6.54 Å². The Morgan fingerprint density at radius 2 is 1.61 bits per heavy atom. The van der Waals surface area contributed by atoms with E-state index in [1.165, 1.54) is 0 Å². The van der Waals surface area contributed by atoms with Crippen molar-refractivity contribution in [2.45, 2.75) is 31.9 Å². The second-order valence-electron chi connectivity index (χ2n) is 6.98. The van der Waals surface area contributed by atoms with Gasteiger partial charge < -0.3 is 14.8 Å². The maximum Gasteiger partial charge on any atom is 0.159 e. The molecule has 0 bridgehead atoms. The molecular formula is C20H23NO2. The summed E-state index contributed by atoms with van der Waals surface area (Å²) in [5.74, 6) is 0.557. The Balaban J connectivity index is 2.07. The van der Waals surface area contributed by atoms with Crippen molar-refractivity contribution < 1.29 is 9.52 Å². The van der Waals surface area contributed by atoms with Crippen LogP contribution in [0, 0.1) is 0 Å². The van der Waals surface area contributed by atoms with Crippen LogP contribution in [0.1, 0.15) is 32.1 Å². The van der Waals surface area contributed by atoms with Crippen LogP contribution in [0.2, 0.25) is 0 Å². The fourth-order valence-electron chi connectivity index (χ4n) is 2.62. The highest BCUT2D eigenvalue weighted by Gasteiger charge is 2.36. The topological polar surface area (TPSA) is 45.4 Å². The molecule has 0 spiro atoms. The molecule has 3 aromatic rings. The predicted molar refractivity (Wildman–Crippen MR) is 93.4 cm³/mol. The molecule has 3 nitrogen and oxygen atoms in total. The van der Waals surface area contributed by atoms with Crippen LogP contribution < -0.4 is 5.32 Å². The Morgan fingerprint density at radius 1 is 0.957 bits per heavy atom. The first-order valence-corrected chi connectivity index (χ1v) is 7.90. The molecule has 3 rings (SSSR count). The number of hydrogen-bond acceptors (Lipinski definition) is 3. The van der Waals surface area contributed by atoms with Gasteiger partial charge in [-0.3, -0.25) is 0 Å². The van der Waals surface area contributed by atoms with Crippen LogP contribution in [0.5, 0.6) is 0 Å². The molecule has 0 radical (unpaired) electrons. The van der Waals surface area contributed by atoms with E-state index in [0.29, 0.717) is 12.3 Å². The number of benzene rings is 2. The van der Waals surface area contributed by atoms with Gasteiger partial charge in [-0.25, -0.2) is 0 Å². The zero-order valence-electron chi connectivity index (χ0n) is 13.8. The first kappa shape index (κ1) is 15.8. The Kier molecular flexibility index (Phi) is 4.00. The van der Waals surface area contributed by atoms with Crippen molar-refractivity contribution in [1.29, 1.82) is 0 Å². The summed E-state index contributed by atoms with van der Waals surface area (Å²) < 4.78 is 5.96. The fraction of sp³-hybridized carbons (Fsp3) is 0.300. The lowest BCUT2D eigenvalue weighted by Crippen LogP contribution is -2.46. The summed E-state index contributed by atoms with van der Waals surface area (Å²) in [5.41, 5.74) is 0.283. The van der Waals surface area contributed by atoms with Gasteiger partial charge >= 0.3 is 0 Å². The van der Waals surface area contributed by atoms with Crippen LogP contribution in [0.15, 0.2) is 65.1 Å². The zero-order chi connectivity index (χ0) is 16.5. The maximum atomic E-state index is 11.5. The summed E-state index contributed by atoms with van der Waals surface area (Å²) >= 11 is 0. The van der Waals surface area contributed by atoms with E-state index in [1.807, 2.05) is 60.7 Å². The molecule has 1 heterocycles. The van der Waals surface area contributed by atoms with E-state index >= 15 is 0 Å². The van der Waals surface area contributed by atoms with Gasteiger partial charge in [0, 0.05) is 17.5 Å². The Bertz CT molecular complexity index is 753. The lowest BCUT2D eigenvalue weighted by molar-refractivity contribution is 0.0516. The number of furan rings is 1. The van der Waals surface area contributed by atoms with E-state index < -0.39 is 5.60 Å². The van der Waals surface area contributed by atoms with Crippen LogP contribution >= 0.6 is 0 Å². The highest BCUT2D eigenvalue weighted by molar-refractivity contribution is 5.78. The van der Waals surface area contributed by atoms with Crippen molar-refractivity contribution in [3.8, 4) is 0 Å². The summed E-state index contributed by atoms with van der Waals surface area (Å²) in [6.45, 7) is 6.62. The maximum absolute atomic E-state index is 11.5. The largest absolute Gasteiger partial charge is 0.458 e. The van der Waals surface area contributed by atoms with E-state index in [4.69, 9.17) is 4.42 Å². The van der Waals surface area contributed by atoms with Crippen molar-refractivity contribution in [3.05, 3.63) is 72.0 Å². The van der Waals surface area contributed by atoms with Gasteiger partial charge in [0.05, 0.1) is 0 Å². The molecule has 0 saturated heterocycles. The molecule has 120 valence electrons. The Morgan fingerprint density at radius 3 is 2.26 bits per heavy atom. The first-order chi connectivity index (χ1) is 10.9. The van der Waals surface area contributed by atoms with E-state index in [1.54, 1.807) is 0 Å². The van der Waals surface area contributed by atoms with Gasteiger partial charge in [0.1, 0.15) is 11.3 Å². The van der Waals surface area contributed by atoms with Gasteiger partial charge in [0.2, 0.25) is 0 Å². The van der Waals surface area contributed by atoms with Gasteiger partial charge in [-0.15, -0.1) is 0 Å². The van der Waals surface area contributed by atoms with Crippen molar-refractivity contribution in [2.24, 2.45) is 0 Å².